The van der Waals surface area contributed by atoms with Gasteiger partial charge in [0, 0.05) is 36.5 Å². The second-order valence-electron chi connectivity index (χ2n) is 7.80. The van der Waals surface area contributed by atoms with Crippen molar-refractivity contribution in [3.05, 3.63) is 70.6 Å². The van der Waals surface area contributed by atoms with Crippen molar-refractivity contribution in [2.24, 2.45) is 5.92 Å². The van der Waals surface area contributed by atoms with E-state index in [2.05, 4.69) is 15.4 Å². The first kappa shape index (κ1) is 21.1. The fraction of sp³-hybridized carbons (Fsp3) is 0.304. The third kappa shape index (κ3) is 4.77. The van der Waals surface area contributed by atoms with Gasteiger partial charge in [0.2, 0.25) is 5.91 Å². The molecule has 0 bridgehead atoms. The molecule has 0 unspecified atom stereocenters. The van der Waals surface area contributed by atoms with Crippen LogP contribution in [0.15, 0.2) is 48.7 Å². The van der Waals surface area contributed by atoms with Crippen molar-refractivity contribution in [1.29, 1.82) is 0 Å². The summed E-state index contributed by atoms with van der Waals surface area (Å²) in [6, 6.07) is 12.9. The largest absolute Gasteiger partial charge is 0.339 e. The molecule has 0 radical (unpaired) electrons. The Morgan fingerprint density at radius 2 is 1.77 bits per heavy atom. The Morgan fingerprint density at radius 3 is 2.35 bits per heavy atom. The molecule has 1 aromatic carbocycles. The molecule has 0 spiro atoms. The highest BCUT2D eigenvalue weighted by Gasteiger charge is 2.28. The molecule has 3 aromatic rings. The number of halogens is 1. The third-order valence-electron chi connectivity index (χ3n) is 5.50. The lowest BCUT2D eigenvalue weighted by molar-refractivity contribution is -0.121. The lowest BCUT2D eigenvalue weighted by Gasteiger charge is -2.31. The zero-order chi connectivity index (χ0) is 22.0. The van der Waals surface area contributed by atoms with E-state index in [1.165, 1.54) is 6.20 Å². The molecule has 1 aliphatic rings. The van der Waals surface area contributed by atoms with Crippen molar-refractivity contribution in [2.45, 2.75) is 26.7 Å². The molecule has 31 heavy (non-hydrogen) atoms. The fourth-order valence-electron chi connectivity index (χ4n) is 3.84. The van der Waals surface area contributed by atoms with Crippen LogP contribution in [-0.2, 0) is 4.79 Å². The first-order valence-electron chi connectivity index (χ1n) is 10.3. The Bertz CT molecular complexity index is 1080. The van der Waals surface area contributed by atoms with Crippen molar-refractivity contribution in [3.63, 3.8) is 0 Å². The number of benzene rings is 1. The van der Waals surface area contributed by atoms with Crippen LogP contribution in [0.25, 0.3) is 5.69 Å². The van der Waals surface area contributed by atoms with Gasteiger partial charge >= 0.3 is 0 Å². The highest BCUT2D eigenvalue weighted by molar-refractivity contribution is 6.30. The number of hydrogen-bond donors (Lipinski definition) is 1. The normalized spacial score (nSPS) is 14.5. The summed E-state index contributed by atoms with van der Waals surface area (Å²) in [5.74, 6) is 0.250. The van der Waals surface area contributed by atoms with Gasteiger partial charge in [-0.25, -0.2) is 9.67 Å². The van der Waals surface area contributed by atoms with Gasteiger partial charge in [0.1, 0.15) is 5.82 Å². The van der Waals surface area contributed by atoms with E-state index < -0.39 is 0 Å². The van der Waals surface area contributed by atoms with Crippen LogP contribution in [-0.4, -0.2) is 44.6 Å². The van der Waals surface area contributed by atoms with E-state index in [9.17, 15) is 9.59 Å². The predicted molar refractivity (Wildman–Crippen MR) is 120 cm³/mol. The topological polar surface area (TPSA) is 80.1 Å². The number of anilines is 1. The van der Waals surface area contributed by atoms with Crippen molar-refractivity contribution in [2.75, 3.05) is 18.4 Å². The molecule has 8 heteroatoms. The zero-order valence-corrected chi connectivity index (χ0v) is 18.3. The minimum absolute atomic E-state index is 0.0156. The number of aromatic nitrogens is 3. The van der Waals surface area contributed by atoms with Crippen LogP contribution in [0.5, 0.6) is 0 Å². The van der Waals surface area contributed by atoms with E-state index in [0.717, 1.165) is 17.1 Å². The minimum atomic E-state index is -0.144. The Balaban J connectivity index is 1.34. The number of amides is 2. The van der Waals surface area contributed by atoms with Crippen LogP contribution in [0, 0.1) is 19.8 Å². The number of aryl methyl sites for hydroxylation is 2. The van der Waals surface area contributed by atoms with E-state index in [0.29, 0.717) is 42.3 Å². The average molecular weight is 438 g/mol. The van der Waals surface area contributed by atoms with Crippen molar-refractivity contribution < 1.29 is 9.59 Å². The Kier molecular flexibility index (Phi) is 6.04. The van der Waals surface area contributed by atoms with Gasteiger partial charge in [-0.3, -0.25) is 9.59 Å². The van der Waals surface area contributed by atoms with Crippen LogP contribution >= 0.6 is 11.6 Å². The molecule has 0 saturated carbocycles. The molecule has 7 nitrogen and oxygen atoms in total. The van der Waals surface area contributed by atoms with Crippen molar-refractivity contribution in [1.82, 2.24) is 19.7 Å². The van der Waals surface area contributed by atoms with Crippen LogP contribution in [0.3, 0.4) is 0 Å². The van der Waals surface area contributed by atoms with Gasteiger partial charge in [-0.1, -0.05) is 11.6 Å². The molecule has 0 atom stereocenters. The monoisotopic (exact) mass is 437 g/mol. The van der Waals surface area contributed by atoms with Gasteiger partial charge in [0.25, 0.3) is 5.91 Å². The molecule has 1 saturated heterocycles. The first-order chi connectivity index (χ1) is 14.9. The number of likely N-dealkylation sites (tertiary alicyclic amines) is 1. The molecule has 2 amide bonds. The standard InChI is InChI=1S/C23H24ClN5O2/c1-15-13-16(2)29(27-15)20-6-3-18(4-7-20)23(31)28-11-9-17(10-12-28)22(30)26-21-8-5-19(24)14-25-21/h3-8,13-14,17H,9-12H2,1-2H3,(H,25,26,30). The molecule has 160 valence electrons. The smallest absolute Gasteiger partial charge is 0.253 e. The summed E-state index contributed by atoms with van der Waals surface area (Å²) >= 11 is 5.82. The maximum absolute atomic E-state index is 12.9. The number of pyridine rings is 1. The number of rotatable bonds is 4. The van der Waals surface area contributed by atoms with E-state index in [-0.39, 0.29) is 17.7 Å². The minimum Gasteiger partial charge on any atom is -0.339 e. The van der Waals surface area contributed by atoms with E-state index in [1.54, 1.807) is 12.1 Å². The summed E-state index contributed by atoms with van der Waals surface area (Å²) in [7, 11) is 0. The number of nitrogens with one attached hydrogen (secondary N) is 1. The lowest BCUT2D eigenvalue weighted by atomic mass is 9.95. The lowest BCUT2D eigenvalue weighted by Crippen LogP contribution is -2.41. The molecule has 3 heterocycles. The SMILES string of the molecule is Cc1cc(C)n(-c2ccc(C(=O)N3CCC(C(=O)Nc4ccc(Cl)cn4)CC3)cc2)n1. The Hall–Kier alpha value is -3.19. The predicted octanol–water partition coefficient (Wildman–Crippen LogP) is 4.03. The quantitative estimate of drug-likeness (QED) is 0.668. The van der Waals surface area contributed by atoms with Crippen molar-refractivity contribution in [3.8, 4) is 5.69 Å². The second-order valence-corrected chi connectivity index (χ2v) is 8.24. The Labute approximate surface area is 186 Å². The van der Waals surface area contributed by atoms with Gasteiger partial charge in [0.05, 0.1) is 16.4 Å². The van der Waals surface area contributed by atoms with Crippen LogP contribution < -0.4 is 5.32 Å². The number of piperidine rings is 1. The van der Waals surface area contributed by atoms with E-state index >= 15 is 0 Å². The maximum atomic E-state index is 12.9. The van der Waals surface area contributed by atoms with Crippen LogP contribution in [0.4, 0.5) is 5.82 Å². The van der Waals surface area contributed by atoms with E-state index in [1.807, 2.05) is 53.8 Å². The summed E-state index contributed by atoms with van der Waals surface area (Å²) in [6.45, 7) is 5.05. The molecular weight excluding hydrogens is 414 g/mol. The summed E-state index contributed by atoms with van der Waals surface area (Å²) in [6.07, 6.45) is 2.74. The number of carbonyl (C=O) groups excluding carboxylic acids is 2. The molecule has 1 N–H and O–H groups in total. The highest BCUT2D eigenvalue weighted by Crippen LogP contribution is 2.22. The number of carbonyl (C=O) groups is 2. The molecule has 4 rings (SSSR count). The Morgan fingerprint density at radius 1 is 1.06 bits per heavy atom. The molecule has 1 aliphatic heterocycles. The van der Waals surface area contributed by atoms with Crippen LogP contribution in [0.2, 0.25) is 5.02 Å². The summed E-state index contributed by atoms with van der Waals surface area (Å²) in [4.78, 5) is 31.3. The second kappa shape index (κ2) is 8.89. The van der Waals surface area contributed by atoms with Gasteiger partial charge in [-0.15, -0.1) is 0 Å². The van der Waals surface area contributed by atoms with Gasteiger partial charge in [0.15, 0.2) is 0 Å². The number of hydrogen-bond acceptors (Lipinski definition) is 4. The first-order valence-corrected chi connectivity index (χ1v) is 10.6. The zero-order valence-electron chi connectivity index (χ0n) is 17.5. The van der Waals surface area contributed by atoms with Gasteiger partial charge < -0.3 is 10.2 Å². The average Bonchev–Trinajstić information content (AvgIpc) is 3.13. The highest BCUT2D eigenvalue weighted by atomic mass is 35.5. The fourth-order valence-corrected chi connectivity index (χ4v) is 3.95. The molecule has 0 aliphatic carbocycles. The van der Waals surface area contributed by atoms with Gasteiger partial charge in [-0.2, -0.15) is 5.10 Å². The molecular formula is C23H24ClN5O2. The summed E-state index contributed by atoms with van der Waals surface area (Å²) in [5, 5.41) is 7.82. The van der Waals surface area contributed by atoms with Crippen LogP contribution in [0.1, 0.15) is 34.6 Å². The van der Waals surface area contributed by atoms with Gasteiger partial charge in [-0.05, 0) is 69.2 Å². The molecule has 2 aromatic heterocycles. The summed E-state index contributed by atoms with van der Waals surface area (Å²) in [5.41, 5.74) is 3.56. The molecule has 1 fully saturated rings. The number of nitrogens with zero attached hydrogens (tertiary/aromatic N) is 4. The third-order valence-corrected chi connectivity index (χ3v) is 5.72. The maximum Gasteiger partial charge on any atom is 0.253 e. The summed E-state index contributed by atoms with van der Waals surface area (Å²) < 4.78 is 1.86. The van der Waals surface area contributed by atoms with E-state index in [4.69, 9.17) is 11.6 Å². The van der Waals surface area contributed by atoms with Crippen molar-refractivity contribution >= 4 is 29.2 Å².